The number of benzene rings is 1. The van der Waals surface area contributed by atoms with Crippen LogP contribution in [0.1, 0.15) is 12.5 Å². The molecule has 0 aliphatic heterocycles. The van der Waals surface area contributed by atoms with Crippen molar-refractivity contribution in [3.05, 3.63) is 34.3 Å². The van der Waals surface area contributed by atoms with Crippen molar-refractivity contribution in [2.24, 2.45) is 0 Å². The van der Waals surface area contributed by atoms with Crippen LogP contribution in [0, 0.1) is 0 Å². The van der Waals surface area contributed by atoms with Crippen LogP contribution in [0.15, 0.2) is 28.7 Å². The lowest BCUT2D eigenvalue weighted by Gasteiger charge is -2.10. The van der Waals surface area contributed by atoms with Gasteiger partial charge in [0.25, 0.3) is 0 Å². The Morgan fingerprint density at radius 3 is 2.50 bits per heavy atom. The molecule has 1 aromatic carbocycles. The predicted octanol–water partition coefficient (Wildman–Crippen LogP) is 3.00. The Morgan fingerprint density at radius 1 is 1.29 bits per heavy atom. The van der Waals surface area contributed by atoms with E-state index in [4.69, 9.17) is 9.47 Å². The van der Waals surface area contributed by atoms with Crippen molar-refractivity contribution in [2.75, 3.05) is 13.7 Å². The molecule has 0 aliphatic carbocycles. The SMILES string of the molecule is COC(C)OCCc1ccc(Br)cc1. The van der Waals surface area contributed by atoms with E-state index in [1.807, 2.05) is 19.1 Å². The summed E-state index contributed by atoms with van der Waals surface area (Å²) < 4.78 is 11.5. The standard InChI is InChI=1S/C11H15BrO2/c1-9(13-2)14-8-7-10-3-5-11(12)6-4-10/h3-6,9H,7-8H2,1-2H3. The number of ether oxygens (including phenoxy) is 2. The average molecular weight is 259 g/mol. The predicted molar refractivity (Wildman–Crippen MR) is 60.3 cm³/mol. The summed E-state index contributed by atoms with van der Waals surface area (Å²) in [6.45, 7) is 2.58. The second-order valence-electron chi connectivity index (χ2n) is 3.05. The molecule has 0 saturated heterocycles. The topological polar surface area (TPSA) is 18.5 Å². The molecule has 78 valence electrons. The maximum atomic E-state index is 5.39. The Morgan fingerprint density at radius 2 is 1.93 bits per heavy atom. The van der Waals surface area contributed by atoms with Crippen LogP contribution < -0.4 is 0 Å². The maximum absolute atomic E-state index is 5.39. The van der Waals surface area contributed by atoms with Gasteiger partial charge in [-0.2, -0.15) is 0 Å². The first-order chi connectivity index (χ1) is 6.72. The van der Waals surface area contributed by atoms with Crippen LogP contribution in [0.2, 0.25) is 0 Å². The highest BCUT2D eigenvalue weighted by Gasteiger charge is 1.98. The average Bonchev–Trinajstić information content (AvgIpc) is 2.21. The molecule has 1 unspecified atom stereocenters. The molecule has 0 spiro atoms. The smallest absolute Gasteiger partial charge is 0.154 e. The lowest BCUT2D eigenvalue weighted by atomic mass is 10.2. The second-order valence-corrected chi connectivity index (χ2v) is 3.97. The second kappa shape index (κ2) is 6.17. The summed E-state index contributed by atoms with van der Waals surface area (Å²) in [6.07, 6.45) is 0.798. The number of halogens is 1. The first-order valence-corrected chi connectivity index (χ1v) is 5.40. The minimum atomic E-state index is -0.120. The van der Waals surface area contributed by atoms with E-state index in [1.165, 1.54) is 5.56 Å². The van der Waals surface area contributed by atoms with Gasteiger partial charge in [-0.15, -0.1) is 0 Å². The van der Waals surface area contributed by atoms with Crippen LogP contribution in [0.25, 0.3) is 0 Å². The third-order valence-electron chi connectivity index (χ3n) is 1.99. The Bertz CT molecular complexity index is 258. The van der Waals surface area contributed by atoms with Crippen molar-refractivity contribution in [1.29, 1.82) is 0 Å². The van der Waals surface area contributed by atoms with E-state index >= 15 is 0 Å². The van der Waals surface area contributed by atoms with Gasteiger partial charge in [0.15, 0.2) is 6.29 Å². The highest BCUT2D eigenvalue weighted by molar-refractivity contribution is 9.10. The fourth-order valence-electron chi connectivity index (χ4n) is 1.06. The van der Waals surface area contributed by atoms with E-state index in [0.717, 1.165) is 10.9 Å². The van der Waals surface area contributed by atoms with Crippen LogP contribution in [0.4, 0.5) is 0 Å². The van der Waals surface area contributed by atoms with E-state index in [0.29, 0.717) is 6.61 Å². The molecule has 0 fully saturated rings. The van der Waals surface area contributed by atoms with Crippen LogP contribution in [-0.2, 0) is 15.9 Å². The number of hydrogen-bond acceptors (Lipinski definition) is 2. The molecular formula is C11H15BrO2. The van der Waals surface area contributed by atoms with E-state index < -0.39 is 0 Å². The summed E-state index contributed by atoms with van der Waals surface area (Å²) in [5, 5.41) is 0. The summed E-state index contributed by atoms with van der Waals surface area (Å²) in [5.74, 6) is 0. The van der Waals surface area contributed by atoms with Gasteiger partial charge in [-0.1, -0.05) is 28.1 Å². The third-order valence-corrected chi connectivity index (χ3v) is 2.52. The molecule has 1 aromatic rings. The van der Waals surface area contributed by atoms with Crippen molar-refractivity contribution < 1.29 is 9.47 Å². The summed E-state index contributed by atoms with van der Waals surface area (Å²) in [7, 11) is 1.64. The van der Waals surface area contributed by atoms with Gasteiger partial charge in [-0.25, -0.2) is 0 Å². The number of rotatable bonds is 5. The van der Waals surface area contributed by atoms with Gasteiger partial charge in [0.2, 0.25) is 0 Å². The quantitative estimate of drug-likeness (QED) is 0.757. The van der Waals surface area contributed by atoms with Crippen molar-refractivity contribution in [3.63, 3.8) is 0 Å². The zero-order chi connectivity index (χ0) is 10.4. The first-order valence-electron chi connectivity index (χ1n) is 4.61. The molecule has 0 N–H and O–H groups in total. The highest BCUT2D eigenvalue weighted by Crippen LogP contribution is 2.11. The van der Waals surface area contributed by atoms with Gasteiger partial charge in [0.05, 0.1) is 6.61 Å². The van der Waals surface area contributed by atoms with Gasteiger partial charge >= 0.3 is 0 Å². The molecule has 0 radical (unpaired) electrons. The maximum Gasteiger partial charge on any atom is 0.154 e. The molecule has 0 aliphatic rings. The molecule has 2 nitrogen and oxygen atoms in total. The van der Waals surface area contributed by atoms with Crippen LogP contribution in [0.3, 0.4) is 0 Å². The third kappa shape index (κ3) is 4.22. The number of hydrogen-bond donors (Lipinski definition) is 0. The molecule has 1 atom stereocenters. The van der Waals surface area contributed by atoms with Crippen molar-refractivity contribution in [1.82, 2.24) is 0 Å². The van der Waals surface area contributed by atoms with Gasteiger partial charge < -0.3 is 9.47 Å². The Balaban J connectivity index is 2.28. The normalized spacial score (nSPS) is 12.8. The van der Waals surface area contributed by atoms with Crippen LogP contribution >= 0.6 is 15.9 Å². The first kappa shape index (κ1) is 11.7. The molecule has 0 heterocycles. The highest BCUT2D eigenvalue weighted by atomic mass is 79.9. The minimum Gasteiger partial charge on any atom is -0.356 e. The van der Waals surface area contributed by atoms with Gasteiger partial charge in [-0.05, 0) is 31.0 Å². The van der Waals surface area contributed by atoms with E-state index in [9.17, 15) is 0 Å². The Hall–Kier alpha value is -0.380. The summed E-state index contributed by atoms with van der Waals surface area (Å²) in [5.41, 5.74) is 1.27. The van der Waals surface area contributed by atoms with Crippen molar-refractivity contribution >= 4 is 15.9 Å². The lowest BCUT2D eigenvalue weighted by molar-refractivity contribution is -0.109. The molecule has 0 amide bonds. The van der Waals surface area contributed by atoms with E-state index in [2.05, 4.69) is 28.1 Å². The molecule has 3 heteroatoms. The zero-order valence-corrected chi connectivity index (χ0v) is 10.1. The van der Waals surface area contributed by atoms with E-state index in [-0.39, 0.29) is 6.29 Å². The van der Waals surface area contributed by atoms with Gasteiger partial charge in [0.1, 0.15) is 0 Å². The van der Waals surface area contributed by atoms with Gasteiger partial charge in [0, 0.05) is 11.6 Å². The molecule has 0 saturated carbocycles. The zero-order valence-electron chi connectivity index (χ0n) is 8.50. The fourth-order valence-corrected chi connectivity index (χ4v) is 1.33. The Labute approximate surface area is 93.4 Å². The summed E-state index contributed by atoms with van der Waals surface area (Å²) in [4.78, 5) is 0. The van der Waals surface area contributed by atoms with Crippen LogP contribution in [-0.4, -0.2) is 20.0 Å². The van der Waals surface area contributed by atoms with Crippen molar-refractivity contribution in [3.8, 4) is 0 Å². The molecule has 14 heavy (non-hydrogen) atoms. The molecular weight excluding hydrogens is 244 g/mol. The van der Waals surface area contributed by atoms with Crippen molar-refractivity contribution in [2.45, 2.75) is 19.6 Å². The minimum absolute atomic E-state index is 0.120. The molecule has 1 rings (SSSR count). The van der Waals surface area contributed by atoms with E-state index in [1.54, 1.807) is 7.11 Å². The number of methoxy groups -OCH3 is 1. The molecule has 0 bridgehead atoms. The Kier molecular flexibility index (Phi) is 5.15. The van der Waals surface area contributed by atoms with Crippen LogP contribution in [0.5, 0.6) is 0 Å². The summed E-state index contributed by atoms with van der Waals surface area (Å²) >= 11 is 3.40. The summed E-state index contributed by atoms with van der Waals surface area (Å²) in [6, 6.07) is 8.25. The van der Waals surface area contributed by atoms with Gasteiger partial charge in [-0.3, -0.25) is 0 Å². The fraction of sp³-hybridized carbons (Fsp3) is 0.455. The molecule has 0 aromatic heterocycles. The monoisotopic (exact) mass is 258 g/mol. The lowest BCUT2D eigenvalue weighted by Crippen LogP contribution is -2.12. The largest absolute Gasteiger partial charge is 0.356 e.